The average molecular weight is 291 g/mol. The van der Waals surface area contributed by atoms with Crippen LogP contribution in [0.4, 0.5) is 0 Å². The van der Waals surface area contributed by atoms with Gasteiger partial charge in [-0.3, -0.25) is 4.79 Å². The SMILES string of the molecule is Cc1cc(OCC(=O)NC[C@@H]2CCCO2)ccc1C(C)C. The lowest BCUT2D eigenvalue weighted by Gasteiger charge is -2.13. The van der Waals surface area contributed by atoms with Crippen molar-refractivity contribution in [3.05, 3.63) is 29.3 Å². The minimum atomic E-state index is -0.101. The Morgan fingerprint density at radius 3 is 2.90 bits per heavy atom. The molecule has 21 heavy (non-hydrogen) atoms. The maximum absolute atomic E-state index is 11.7. The lowest BCUT2D eigenvalue weighted by Crippen LogP contribution is -2.35. The van der Waals surface area contributed by atoms with Crippen molar-refractivity contribution in [2.24, 2.45) is 0 Å². The van der Waals surface area contributed by atoms with Crippen molar-refractivity contribution >= 4 is 5.91 Å². The molecule has 0 bridgehead atoms. The van der Waals surface area contributed by atoms with Crippen molar-refractivity contribution in [2.75, 3.05) is 19.8 Å². The predicted molar refractivity (Wildman–Crippen MR) is 82.7 cm³/mol. The molecule has 1 aliphatic rings. The summed E-state index contributed by atoms with van der Waals surface area (Å²) >= 11 is 0. The topological polar surface area (TPSA) is 47.6 Å². The monoisotopic (exact) mass is 291 g/mol. The van der Waals surface area contributed by atoms with E-state index in [1.165, 1.54) is 11.1 Å². The van der Waals surface area contributed by atoms with Crippen molar-refractivity contribution in [3.63, 3.8) is 0 Å². The first-order valence-electron chi connectivity index (χ1n) is 7.68. The van der Waals surface area contributed by atoms with E-state index in [2.05, 4.69) is 32.2 Å². The van der Waals surface area contributed by atoms with E-state index in [4.69, 9.17) is 9.47 Å². The molecule has 1 fully saturated rings. The molecule has 1 aromatic rings. The van der Waals surface area contributed by atoms with Crippen LogP contribution >= 0.6 is 0 Å². The van der Waals surface area contributed by atoms with Crippen LogP contribution in [0.25, 0.3) is 0 Å². The molecule has 0 unspecified atom stereocenters. The van der Waals surface area contributed by atoms with Crippen LogP contribution in [-0.2, 0) is 9.53 Å². The Hall–Kier alpha value is -1.55. The zero-order valence-corrected chi connectivity index (χ0v) is 13.1. The standard InChI is InChI=1S/C17H25NO3/c1-12(2)16-7-6-14(9-13(16)3)21-11-17(19)18-10-15-5-4-8-20-15/h6-7,9,12,15H,4-5,8,10-11H2,1-3H3,(H,18,19)/t15-/m0/s1. The molecule has 2 rings (SSSR count). The molecule has 1 atom stereocenters. The fourth-order valence-electron chi connectivity index (χ4n) is 2.62. The van der Waals surface area contributed by atoms with Crippen molar-refractivity contribution in [1.82, 2.24) is 5.32 Å². The predicted octanol–water partition coefficient (Wildman–Crippen LogP) is 2.79. The molecule has 1 amide bonds. The van der Waals surface area contributed by atoms with Gasteiger partial charge < -0.3 is 14.8 Å². The highest BCUT2D eigenvalue weighted by atomic mass is 16.5. The summed E-state index contributed by atoms with van der Waals surface area (Å²) in [6.45, 7) is 7.84. The number of nitrogens with one attached hydrogen (secondary N) is 1. The smallest absolute Gasteiger partial charge is 0.258 e. The number of carbonyl (C=O) groups excluding carboxylic acids is 1. The van der Waals surface area contributed by atoms with Gasteiger partial charge in [-0.25, -0.2) is 0 Å². The largest absolute Gasteiger partial charge is 0.484 e. The number of rotatable bonds is 6. The van der Waals surface area contributed by atoms with Crippen molar-refractivity contribution < 1.29 is 14.3 Å². The van der Waals surface area contributed by atoms with Gasteiger partial charge >= 0.3 is 0 Å². The maximum atomic E-state index is 11.7. The van der Waals surface area contributed by atoms with E-state index in [0.717, 1.165) is 25.2 Å². The summed E-state index contributed by atoms with van der Waals surface area (Å²) in [7, 11) is 0. The quantitative estimate of drug-likeness (QED) is 0.876. The van der Waals surface area contributed by atoms with Crippen LogP contribution in [-0.4, -0.2) is 31.8 Å². The minimum Gasteiger partial charge on any atom is -0.484 e. The number of hydrogen-bond acceptors (Lipinski definition) is 3. The number of aryl methyl sites for hydroxylation is 1. The highest BCUT2D eigenvalue weighted by Crippen LogP contribution is 2.23. The molecule has 1 saturated heterocycles. The Morgan fingerprint density at radius 2 is 2.29 bits per heavy atom. The van der Waals surface area contributed by atoms with E-state index in [9.17, 15) is 4.79 Å². The third-order valence-electron chi connectivity index (χ3n) is 3.78. The number of hydrogen-bond donors (Lipinski definition) is 1. The third-order valence-corrected chi connectivity index (χ3v) is 3.78. The Bertz CT molecular complexity index is 479. The Kier molecular flexibility index (Phi) is 5.62. The van der Waals surface area contributed by atoms with Gasteiger partial charge in [0, 0.05) is 13.2 Å². The van der Waals surface area contributed by atoms with Gasteiger partial charge in [0.15, 0.2) is 6.61 Å². The number of benzene rings is 1. The zero-order valence-electron chi connectivity index (χ0n) is 13.1. The molecule has 116 valence electrons. The van der Waals surface area contributed by atoms with Gasteiger partial charge in [-0.2, -0.15) is 0 Å². The fraction of sp³-hybridized carbons (Fsp3) is 0.588. The van der Waals surface area contributed by atoms with Crippen LogP contribution in [0.15, 0.2) is 18.2 Å². The summed E-state index contributed by atoms with van der Waals surface area (Å²) in [4.78, 5) is 11.7. The minimum absolute atomic E-state index is 0.0488. The summed E-state index contributed by atoms with van der Waals surface area (Å²) in [5, 5.41) is 2.85. The van der Waals surface area contributed by atoms with Crippen molar-refractivity contribution in [1.29, 1.82) is 0 Å². The lowest BCUT2D eigenvalue weighted by atomic mass is 9.98. The highest BCUT2D eigenvalue weighted by molar-refractivity contribution is 5.77. The van der Waals surface area contributed by atoms with Crippen LogP contribution < -0.4 is 10.1 Å². The molecule has 1 aromatic carbocycles. The van der Waals surface area contributed by atoms with Gasteiger partial charge in [-0.05, 0) is 48.9 Å². The summed E-state index contributed by atoms with van der Waals surface area (Å²) in [6.07, 6.45) is 2.27. The van der Waals surface area contributed by atoms with Crippen LogP contribution in [0.1, 0.15) is 43.7 Å². The first-order valence-corrected chi connectivity index (χ1v) is 7.68. The molecule has 0 aliphatic carbocycles. The van der Waals surface area contributed by atoms with Gasteiger partial charge in [-0.15, -0.1) is 0 Å². The molecule has 0 saturated carbocycles. The van der Waals surface area contributed by atoms with E-state index in [-0.39, 0.29) is 18.6 Å². The van der Waals surface area contributed by atoms with E-state index < -0.39 is 0 Å². The van der Waals surface area contributed by atoms with Crippen LogP contribution in [0.5, 0.6) is 5.75 Å². The Balaban J connectivity index is 1.76. The highest BCUT2D eigenvalue weighted by Gasteiger charge is 2.16. The first kappa shape index (κ1) is 15.8. The van der Waals surface area contributed by atoms with Crippen molar-refractivity contribution in [3.8, 4) is 5.75 Å². The molecule has 1 heterocycles. The second-order valence-electron chi connectivity index (χ2n) is 5.90. The van der Waals surface area contributed by atoms with E-state index in [0.29, 0.717) is 12.5 Å². The third kappa shape index (κ3) is 4.74. The lowest BCUT2D eigenvalue weighted by molar-refractivity contribution is -0.123. The number of carbonyl (C=O) groups is 1. The van der Waals surface area contributed by atoms with Gasteiger partial charge in [0.2, 0.25) is 0 Å². The normalized spacial score (nSPS) is 18.0. The zero-order chi connectivity index (χ0) is 15.2. The van der Waals surface area contributed by atoms with E-state index in [1.807, 2.05) is 12.1 Å². The molecule has 4 nitrogen and oxygen atoms in total. The average Bonchev–Trinajstić information content (AvgIpc) is 2.95. The van der Waals surface area contributed by atoms with Crippen LogP contribution in [0, 0.1) is 6.92 Å². The molecule has 1 N–H and O–H groups in total. The van der Waals surface area contributed by atoms with Gasteiger partial charge in [0.1, 0.15) is 5.75 Å². The Labute approximate surface area is 126 Å². The van der Waals surface area contributed by atoms with Crippen LogP contribution in [0.2, 0.25) is 0 Å². The first-order chi connectivity index (χ1) is 10.1. The second kappa shape index (κ2) is 7.46. The van der Waals surface area contributed by atoms with Gasteiger partial charge in [0.05, 0.1) is 6.10 Å². The molecule has 1 aliphatic heterocycles. The molecular weight excluding hydrogens is 266 g/mol. The number of ether oxygens (including phenoxy) is 2. The van der Waals surface area contributed by atoms with Crippen molar-refractivity contribution in [2.45, 2.75) is 45.6 Å². The summed E-state index contributed by atoms with van der Waals surface area (Å²) in [5.41, 5.74) is 2.51. The maximum Gasteiger partial charge on any atom is 0.258 e. The molecular formula is C17H25NO3. The van der Waals surface area contributed by atoms with Crippen LogP contribution in [0.3, 0.4) is 0 Å². The molecule has 0 radical (unpaired) electrons. The Morgan fingerprint density at radius 1 is 1.48 bits per heavy atom. The van der Waals surface area contributed by atoms with Gasteiger partial charge in [-0.1, -0.05) is 19.9 Å². The second-order valence-corrected chi connectivity index (χ2v) is 5.90. The van der Waals surface area contributed by atoms with Gasteiger partial charge in [0.25, 0.3) is 5.91 Å². The molecule has 0 aromatic heterocycles. The summed E-state index contributed by atoms with van der Waals surface area (Å²) in [5.74, 6) is 1.13. The number of amides is 1. The van der Waals surface area contributed by atoms with E-state index in [1.54, 1.807) is 0 Å². The summed E-state index contributed by atoms with van der Waals surface area (Å²) < 4.78 is 11.0. The molecule has 0 spiro atoms. The van der Waals surface area contributed by atoms with E-state index >= 15 is 0 Å². The molecule has 4 heteroatoms. The summed E-state index contributed by atoms with van der Waals surface area (Å²) in [6, 6.07) is 5.98. The fourth-order valence-corrected chi connectivity index (χ4v) is 2.62.